The van der Waals surface area contributed by atoms with Crippen LogP contribution in [-0.4, -0.2) is 41.3 Å². The number of aryl methyl sites for hydroxylation is 1. The van der Waals surface area contributed by atoms with E-state index in [0.717, 1.165) is 42.9 Å². The van der Waals surface area contributed by atoms with Crippen molar-refractivity contribution < 1.29 is 13.7 Å². The molecule has 1 fully saturated rings. The van der Waals surface area contributed by atoms with E-state index in [4.69, 9.17) is 16.3 Å². The van der Waals surface area contributed by atoms with Crippen molar-refractivity contribution in [3.05, 3.63) is 94.5 Å². The molecule has 0 aliphatic carbocycles. The summed E-state index contributed by atoms with van der Waals surface area (Å²) in [7, 11) is -1.41. The number of ether oxygens (including phenoxy) is 1. The lowest BCUT2D eigenvalue weighted by Crippen LogP contribution is -2.34. The zero-order chi connectivity index (χ0) is 27.5. The Balaban J connectivity index is 0.000000519. The van der Waals surface area contributed by atoms with Crippen molar-refractivity contribution in [1.82, 2.24) is 14.9 Å². The van der Waals surface area contributed by atoms with Gasteiger partial charge < -0.3 is 10.1 Å². The van der Waals surface area contributed by atoms with E-state index in [9.17, 15) is 9.00 Å². The number of halogens is 1. The smallest absolute Gasteiger partial charge is 0.221 e. The average molecular weight is 568 g/mol. The van der Waals surface area contributed by atoms with Gasteiger partial charge in [0.05, 0.1) is 17.5 Å². The number of hydrogen-bond acceptors (Lipinski definition) is 4. The third kappa shape index (κ3) is 9.46. The van der Waals surface area contributed by atoms with Gasteiger partial charge >= 0.3 is 0 Å². The molecule has 0 bridgehead atoms. The Morgan fingerprint density at radius 1 is 1.03 bits per heavy atom. The second-order valence-corrected chi connectivity index (χ2v) is 11.7. The SMILES string of the molecule is Cc1cc(Cl)cc(S(=O)NCCC(=O)NC2CCOc3cc(CN4CCCCC4)ccc32)c1.c1ccccc1. The number of fused-ring (bicyclic) bond motifs is 1. The van der Waals surface area contributed by atoms with Crippen LogP contribution >= 0.6 is 11.6 Å². The molecule has 6 nitrogen and oxygen atoms in total. The molecule has 0 spiro atoms. The molecule has 0 aromatic heterocycles. The van der Waals surface area contributed by atoms with Gasteiger partial charge in [0.2, 0.25) is 5.91 Å². The first-order chi connectivity index (χ1) is 19.0. The van der Waals surface area contributed by atoms with Gasteiger partial charge in [-0.1, -0.05) is 66.6 Å². The molecule has 8 heteroatoms. The van der Waals surface area contributed by atoms with Crippen LogP contribution in [0.2, 0.25) is 5.02 Å². The van der Waals surface area contributed by atoms with Crippen LogP contribution in [0, 0.1) is 6.92 Å². The third-order valence-corrected chi connectivity index (χ3v) is 8.14. The number of carbonyl (C=O) groups is 1. The van der Waals surface area contributed by atoms with Crippen LogP contribution in [0.15, 0.2) is 77.7 Å². The molecule has 2 unspecified atom stereocenters. The summed E-state index contributed by atoms with van der Waals surface area (Å²) >= 11 is 6.05. The van der Waals surface area contributed by atoms with Crippen LogP contribution in [-0.2, 0) is 22.3 Å². The Hall–Kier alpha value is -2.71. The zero-order valence-electron chi connectivity index (χ0n) is 22.5. The molecule has 39 heavy (non-hydrogen) atoms. The van der Waals surface area contributed by atoms with Gasteiger partial charge in [-0.25, -0.2) is 8.93 Å². The molecular formula is C31H38ClN3O3S. The fraction of sp³-hybridized carbons (Fsp3) is 0.387. The maximum absolute atomic E-state index is 12.6. The van der Waals surface area contributed by atoms with Crippen LogP contribution in [0.4, 0.5) is 0 Å². The quantitative estimate of drug-likeness (QED) is 0.352. The van der Waals surface area contributed by atoms with Gasteiger partial charge in [-0.05, 0) is 68.2 Å². The highest BCUT2D eigenvalue weighted by Crippen LogP contribution is 2.33. The predicted octanol–water partition coefficient (Wildman–Crippen LogP) is 5.96. The molecule has 0 saturated carbocycles. The number of nitrogens with one attached hydrogen (secondary N) is 2. The number of likely N-dealkylation sites (tertiary alicyclic amines) is 1. The molecule has 2 N–H and O–H groups in total. The normalized spacial score (nSPS) is 17.6. The summed E-state index contributed by atoms with van der Waals surface area (Å²) in [5, 5.41) is 3.67. The van der Waals surface area contributed by atoms with Crippen molar-refractivity contribution in [3.63, 3.8) is 0 Å². The molecule has 208 valence electrons. The van der Waals surface area contributed by atoms with E-state index in [1.807, 2.05) is 55.5 Å². The number of amides is 1. The van der Waals surface area contributed by atoms with Crippen LogP contribution in [0.1, 0.15) is 54.8 Å². The number of piperidine rings is 1. The van der Waals surface area contributed by atoms with Crippen LogP contribution in [0.3, 0.4) is 0 Å². The van der Waals surface area contributed by atoms with Gasteiger partial charge in [-0.3, -0.25) is 9.69 Å². The Labute approximate surface area is 239 Å². The number of hydrogen-bond donors (Lipinski definition) is 2. The third-order valence-electron chi connectivity index (χ3n) is 6.79. The average Bonchev–Trinajstić information content (AvgIpc) is 2.94. The summed E-state index contributed by atoms with van der Waals surface area (Å²) in [5.41, 5.74) is 3.23. The minimum absolute atomic E-state index is 0.0636. The fourth-order valence-corrected chi connectivity index (χ4v) is 6.20. The number of carbonyl (C=O) groups excluding carboxylic acids is 1. The fourth-order valence-electron chi connectivity index (χ4n) is 4.86. The Morgan fingerprint density at radius 3 is 2.44 bits per heavy atom. The van der Waals surface area contributed by atoms with Gasteiger partial charge in [0.1, 0.15) is 16.7 Å². The summed E-state index contributed by atoms with van der Waals surface area (Å²) in [6.07, 6.45) is 4.86. The standard InChI is InChI=1S/C25H32ClN3O3S.C6H6/c1-18-13-20(26)16-21(14-18)33(31)27-9-7-25(30)28-23-8-12-32-24-15-19(5-6-22(23)24)17-29-10-3-2-4-11-29;1-2-4-6-5-3-1/h5-6,13-16,23,27H,2-4,7-12,17H2,1H3,(H,28,30);1-6H. The lowest BCUT2D eigenvalue weighted by Gasteiger charge is -2.29. The van der Waals surface area contributed by atoms with Crippen molar-refractivity contribution in [1.29, 1.82) is 0 Å². The van der Waals surface area contributed by atoms with Gasteiger partial charge in [0.15, 0.2) is 0 Å². The molecular weight excluding hydrogens is 530 g/mol. The number of benzene rings is 3. The predicted molar refractivity (Wildman–Crippen MR) is 158 cm³/mol. The van der Waals surface area contributed by atoms with Gasteiger partial charge in [-0.2, -0.15) is 0 Å². The first kappa shape index (κ1) is 29.3. The lowest BCUT2D eigenvalue weighted by molar-refractivity contribution is -0.121. The summed E-state index contributed by atoms with van der Waals surface area (Å²) in [6, 6.07) is 23.6. The molecule has 2 aliphatic heterocycles. The summed E-state index contributed by atoms with van der Waals surface area (Å²) < 4.78 is 21.3. The maximum Gasteiger partial charge on any atom is 0.221 e. The number of rotatable bonds is 8. The second kappa shape index (κ2) is 15.2. The Kier molecular flexibility index (Phi) is 11.4. The molecule has 5 rings (SSSR count). The first-order valence-electron chi connectivity index (χ1n) is 13.7. The molecule has 1 saturated heterocycles. The van der Waals surface area contributed by atoms with Crippen molar-refractivity contribution in [2.24, 2.45) is 0 Å². The topological polar surface area (TPSA) is 70.7 Å². The molecule has 0 radical (unpaired) electrons. The number of nitrogens with zero attached hydrogens (tertiary/aromatic N) is 1. The van der Waals surface area contributed by atoms with E-state index in [0.29, 0.717) is 23.1 Å². The Morgan fingerprint density at radius 2 is 1.74 bits per heavy atom. The van der Waals surface area contributed by atoms with E-state index in [2.05, 4.69) is 33.1 Å². The minimum Gasteiger partial charge on any atom is -0.493 e. The van der Waals surface area contributed by atoms with E-state index < -0.39 is 11.0 Å². The molecule has 2 atom stereocenters. The van der Waals surface area contributed by atoms with Crippen molar-refractivity contribution in [2.75, 3.05) is 26.2 Å². The Bertz CT molecular complexity index is 1190. The van der Waals surface area contributed by atoms with E-state index in [1.54, 1.807) is 6.07 Å². The molecule has 2 aliphatic rings. The highest BCUT2D eigenvalue weighted by atomic mass is 35.5. The second-order valence-electron chi connectivity index (χ2n) is 10.00. The monoisotopic (exact) mass is 567 g/mol. The highest BCUT2D eigenvalue weighted by molar-refractivity contribution is 7.83. The van der Waals surface area contributed by atoms with Gasteiger partial charge in [0.25, 0.3) is 0 Å². The summed E-state index contributed by atoms with van der Waals surface area (Å²) in [4.78, 5) is 15.7. The summed E-state index contributed by atoms with van der Waals surface area (Å²) in [6.45, 7) is 6.07. The van der Waals surface area contributed by atoms with E-state index >= 15 is 0 Å². The van der Waals surface area contributed by atoms with Crippen molar-refractivity contribution >= 4 is 28.5 Å². The first-order valence-corrected chi connectivity index (χ1v) is 15.2. The van der Waals surface area contributed by atoms with E-state index in [-0.39, 0.29) is 18.4 Å². The van der Waals surface area contributed by atoms with Crippen LogP contribution in [0.25, 0.3) is 0 Å². The zero-order valence-corrected chi connectivity index (χ0v) is 24.1. The highest BCUT2D eigenvalue weighted by Gasteiger charge is 2.24. The van der Waals surface area contributed by atoms with Gasteiger partial charge in [-0.15, -0.1) is 0 Å². The molecule has 3 aromatic rings. The van der Waals surface area contributed by atoms with Crippen molar-refractivity contribution in [3.8, 4) is 5.75 Å². The van der Waals surface area contributed by atoms with Gasteiger partial charge in [0, 0.05) is 36.5 Å². The lowest BCUT2D eigenvalue weighted by atomic mass is 9.98. The van der Waals surface area contributed by atoms with E-state index in [1.165, 1.54) is 24.8 Å². The molecule has 1 amide bonds. The van der Waals surface area contributed by atoms with Crippen molar-refractivity contribution in [2.45, 2.75) is 56.5 Å². The molecule has 2 heterocycles. The van der Waals surface area contributed by atoms with Crippen LogP contribution in [0.5, 0.6) is 5.75 Å². The summed E-state index contributed by atoms with van der Waals surface area (Å²) in [5.74, 6) is 0.800. The largest absolute Gasteiger partial charge is 0.493 e. The molecule has 3 aromatic carbocycles. The minimum atomic E-state index is -1.41. The maximum atomic E-state index is 12.6. The van der Waals surface area contributed by atoms with Crippen LogP contribution < -0.4 is 14.8 Å².